The van der Waals surface area contributed by atoms with E-state index in [4.69, 9.17) is 14.2 Å². The van der Waals surface area contributed by atoms with E-state index < -0.39 is 0 Å². The van der Waals surface area contributed by atoms with Crippen LogP contribution in [-0.4, -0.2) is 43.2 Å². The van der Waals surface area contributed by atoms with E-state index in [0.29, 0.717) is 35.5 Å². The second-order valence-corrected chi connectivity index (χ2v) is 7.75. The molecule has 0 spiro atoms. The zero-order valence-corrected chi connectivity index (χ0v) is 18.6. The largest absolute Gasteiger partial charge is 0.494 e. The number of likely N-dealkylation sites (N-methyl/N-ethyl adjacent to an activating group) is 1. The number of rotatable bonds is 8. The number of amides is 2. The summed E-state index contributed by atoms with van der Waals surface area (Å²) in [7, 11) is 0. The number of benzene rings is 2. The maximum absolute atomic E-state index is 12.3. The quantitative estimate of drug-likeness (QED) is 0.555. The van der Waals surface area contributed by atoms with Crippen molar-refractivity contribution in [3.8, 4) is 28.5 Å². The third-order valence-corrected chi connectivity index (χ3v) is 5.53. The van der Waals surface area contributed by atoms with Gasteiger partial charge in [0.25, 0.3) is 11.8 Å². The number of carbonyl (C=O) groups excluding carboxylic acids is 2. The number of ether oxygens (including phenoxy) is 3. The number of hydrogen-bond donors (Lipinski definition) is 1. The van der Waals surface area contributed by atoms with Gasteiger partial charge >= 0.3 is 0 Å². The van der Waals surface area contributed by atoms with Gasteiger partial charge in [0.1, 0.15) is 17.2 Å². The molecule has 8 nitrogen and oxygen atoms in total. The van der Waals surface area contributed by atoms with Crippen molar-refractivity contribution in [1.82, 2.24) is 4.98 Å². The zero-order chi connectivity index (χ0) is 22.5. The van der Waals surface area contributed by atoms with Gasteiger partial charge in [-0.2, -0.15) is 0 Å². The SMILES string of the molecule is CCOc1ccc(OCC(=O)Nc2nc(-c3ccc4c(c3)N(CC)C(=O)CO4)cs2)cc1. The third-order valence-electron chi connectivity index (χ3n) is 4.77. The van der Waals surface area contributed by atoms with E-state index in [2.05, 4.69) is 10.3 Å². The maximum Gasteiger partial charge on any atom is 0.265 e. The van der Waals surface area contributed by atoms with Gasteiger partial charge in [-0.25, -0.2) is 4.98 Å². The van der Waals surface area contributed by atoms with Crippen LogP contribution in [0.1, 0.15) is 13.8 Å². The molecule has 0 bridgehead atoms. The van der Waals surface area contributed by atoms with E-state index in [9.17, 15) is 9.59 Å². The van der Waals surface area contributed by atoms with Crippen LogP contribution in [0, 0.1) is 0 Å². The molecule has 166 valence electrons. The Morgan fingerprint density at radius 3 is 2.62 bits per heavy atom. The monoisotopic (exact) mass is 453 g/mol. The lowest BCUT2D eigenvalue weighted by atomic mass is 10.1. The van der Waals surface area contributed by atoms with Crippen molar-refractivity contribution in [2.75, 3.05) is 36.6 Å². The summed E-state index contributed by atoms with van der Waals surface area (Å²) in [5, 5.41) is 5.08. The Balaban J connectivity index is 1.38. The fraction of sp³-hybridized carbons (Fsp3) is 0.261. The molecular formula is C23H23N3O5S. The molecule has 0 aliphatic carbocycles. The van der Waals surface area contributed by atoms with Gasteiger partial charge < -0.3 is 19.1 Å². The fourth-order valence-electron chi connectivity index (χ4n) is 3.27. The summed E-state index contributed by atoms with van der Waals surface area (Å²) in [4.78, 5) is 30.5. The molecule has 2 heterocycles. The summed E-state index contributed by atoms with van der Waals surface area (Å²) in [6.45, 7) is 4.90. The predicted octanol–water partition coefficient (Wildman–Crippen LogP) is 3.97. The summed E-state index contributed by atoms with van der Waals surface area (Å²) in [6, 6.07) is 12.7. The molecule has 0 unspecified atom stereocenters. The normalized spacial score (nSPS) is 12.7. The highest BCUT2D eigenvalue weighted by Gasteiger charge is 2.24. The molecule has 0 radical (unpaired) electrons. The molecule has 2 aromatic carbocycles. The zero-order valence-electron chi connectivity index (χ0n) is 17.8. The predicted molar refractivity (Wildman–Crippen MR) is 123 cm³/mol. The highest BCUT2D eigenvalue weighted by Crippen LogP contribution is 2.36. The average molecular weight is 454 g/mol. The molecule has 4 rings (SSSR count). The van der Waals surface area contributed by atoms with Crippen molar-refractivity contribution in [3.05, 3.63) is 47.8 Å². The van der Waals surface area contributed by atoms with E-state index in [0.717, 1.165) is 17.0 Å². The van der Waals surface area contributed by atoms with Gasteiger partial charge in [-0.05, 0) is 56.3 Å². The summed E-state index contributed by atoms with van der Waals surface area (Å²) in [5.41, 5.74) is 2.26. The van der Waals surface area contributed by atoms with Crippen molar-refractivity contribution in [2.45, 2.75) is 13.8 Å². The smallest absolute Gasteiger partial charge is 0.265 e. The van der Waals surface area contributed by atoms with E-state index in [1.54, 1.807) is 29.2 Å². The average Bonchev–Trinajstić information content (AvgIpc) is 3.27. The Morgan fingerprint density at radius 1 is 1.16 bits per heavy atom. The van der Waals surface area contributed by atoms with Crippen LogP contribution in [0.25, 0.3) is 11.3 Å². The minimum atomic E-state index is -0.304. The minimum absolute atomic E-state index is 0.0474. The first-order chi connectivity index (χ1) is 15.6. The molecule has 1 N–H and O–H groups in total. The summed E-state index contributed by atoms with van der Waals surface area (Å²) < 4.78 is 16.4. The standard InChI is InChI=1S/C23H23N3O5S/c1-3-26-19-11-15(5-10-20(19)31-13-22(26)28)18-14-32-23(24-18)25-21(27)12-30-17-8-6-16(7-9-17)29-4-2/h5-11,14H,3-4,12-13H2,1-2H3,(H,24,25,27). The molecule has 32 heavy (non-hydrogen) atoms. The summed E-state index contributed by atoms with van der Waals surface area (Å²) in [6.07, 6.45) is 0. The minimum Gasteiger partial charge on any atom is -0.494 e. The molecule has 0 atom stereocenters. The van der Waals surface area contributed by atoms with Crippen molar-refractivity contribution in [3.63, 3.8) is 0 Å². The number of fused-ring (bicyclic) bond motifs is 1. The van der Waals surface area contributed by atoms with Crippen molar-refractivity contribution >= 4 is 34.0 Å². The highest BCUT2D eigenvalue weighted by molar-refractivity contribution is 7.14. The van der Waals surface area contributed by atoms with Gasteiger partial charge in [0.05, 0.1) is 18.0 Å². The number of thiazole rings is 1. The van der Waals surface area contributed by atoms with Gasteiger partial charge in [-0.15, -0.1) is 11.3 Å². The summed E-state index contributed by atoms with van der Waals surface area (Å²) in [5.74, 6) is 1.62. The van der Waals surface area contributed by atoms with Gasteiger partial charge in [-0.1, -0.05) is 0 Å². The Bertz CT molecular complexity index is 1110. The fourth-order valence-corrected chi connectivity index (χ4v) is 4.01. The van der Waals surface area contributed by atoms with Gasteiger partial charge in [0.2, 0.25) is 0 Å². The van der Waals surface area contributed by atoms with E-state index in [-0.39, 0.29) is 25.0 Å². The first-order valence-electron chi connectivity index (χ1n) is 10.3. The maximum atomic E-state index is 12.3. The Labute approximate surface area is 189 Å². The van der Waals surface area contributed by atoms with Gasteiger partial charge in [-0.3, -0.25) is 14.9 Å². The first-order valence-corrected chi connectivity index (χ1v) is 11.1. The van der Waals surface area contributed by atoms with Crippen LogP contribution in [-0.2, 0) is 9.59 Å². The van der Waals surface area contributed by atoms with E-state index in [1.807, 2.05) is 37.4 Å². The summed E-state index contributed by atoms with van der Waals surface area (Å²) >= 11 is 1.32. The van der Waals surface area contributed by atoms with Gasteiger partial charge in [0, 0.05) is 17.5 Å². The van der Waals surface area contributed by atoms with Crippen molar-refractivity contribution < 1.29 is 23.8 Å². The number of aromatic nitrogens is 1. The third kappa shape index (κ3) is 4.83. The van der Waals surface area contributed by atoms with E-state index >= 15 is 0 Å². The molecule has 1 aliphatic rings. The number of nitrogens with one attached hydrogen (secondary N) is 1. The Kier molecular flexibility index (Phi) is 6.55. The van der Waals surface area contributed by atoms with Crippen LogP contribution in [0.2, 0.25) is 0 Å². The second kappa shape index (κ2) is 9.69. The van der Waals surface area contributed by atoms with Crippen LogP contribution in [0.5, 0.6) is 17.2 Å². The molecule has 1 aliphatic heterocycles. The second-order valence-electron chi connectivity index (χ2n) is 6.89. The van der Waals surface area contributed by atoms with Crippen LogP contribution in [0.3, 0.4) is 0 Å². The molecule has 2 amide bonds. The lowest BCUT2D eigenvalue weighted by molar-refractivity contribution is -0.121. The van der Waals surface area contributed by atoms with E-state index in [1.165, 1.54) is 11.3 Å². The Morgan fingerprint density at radius 2 is 1.91 bits per heavy atom. The Hall–Kier alpha value is -3.59. The molecule has 0 saturated heterocycles. The van der Waals surface area contributed by atoms with Gasteiger partial charge in [0.15, 0.2) is 18.3 Å². The lowest BCUT2D eigenvalue weighted by Crippen LogP contribution is -2.38. The van der Waals surface area contributed by atoms with Crippen LogP contribution in [0.15, 0.2) is 47.8 Å². The number of carbonyl (C=O) groups is 2. The number of nitrogens with zero attached hydrogens (tertiary/aromatic N) is 2. The first kappa shape index (κ1) is 21.6. The molecule has 1 aromatic heterocycles. The molecular weight excluding hydrogens is 430 g/mol. The highest BCUT2D eigenvalue weighted by atomic mass is 32.1. The molecule has 0 saturated carbocycles. The van der Waals surface area contributed by atoms with Crippen LogP contribution >= 0.6 is 11.3 Å². The molecule has 3 aromatic rings. The lowest BCUT2D eigenvalue weighted by Gasteiger charge is -2.28. The molecule has 9 heteroatoms. The van der Waals surface area contributed by atoms with Crippen LogP contribution in [0.4, 0.5) is 10.8 Å². The van der Waals surface area contributed by atoms with Crippen LogP contribution < -0.4 is 24.4 Å². The topological polar surface area (TPSA) is 90.0 Å². The van der Waals surface area contributed by atoms with Crippen molar-refractivity contribution in [2.24, 2.45) is 0 Å². The number of anilines is 2. The van der Waals surface area contributed by atoms with Crippen molar-refractivity contribution in [1.29, 1.82) is 0 Å². The molecule has 0 fully saturated rings. The number of hydrogen-bond acceptors (Lipinski definition) is 7.